The highest BCUT2D eigenvalue weighted by Crippen LogP contribution is 2.62. The van der Waals surface area contributed by atoms with Gasteiger partial charge in [0.2, 0.25) is 0 Å². The summed E-state index contributed by atoms with van der Waals surface area (Å²) in [6.07, 6.45) is 12.4. The summed E-state index contributed by atoms with van der Waals surface area (Å²) in [6, 6.07) is 103. The van der Waals surface area contributed by atoms with E-state index in [-0.39, 0.29) is 7.43 Å². The number of nitrogens with zero attached hydrogens (tertiary/aromatic N) is 3. The van der Waals surface area contributed by atoms with Gasteiger partial charge in [-0.1, -0.05) is 426 Å². The highest BCUT2D eigenvalue weighted by molar-refractivity contribution is 6.02. The lowest BCUT2D eigenvalue weighted by atomic mass is 9.80. The third-order valence-electron chi connectivity index (χ3n) is 26.2. The largest absolute Gasteiger partial charge is 0.309 e. The van der Waals surface area contributed by atoms with Crippen LogP contribution < -0.4 is 14.7 Å². The highest BCUT2D eigenvalue weighted by Gasteiger charge is 2.43. The Morgan fingerprint density at radius 1 is 0.134 bits per heavy atom. The molecule has 0 bridgehead atoms. The summed E-state index contributed by atoms with van der Waals surface area (Å²) >= 11 is 0. The van der Waals surface area contributed by atoms with Crippen LogP contribution in [0.2, 0.25) is 0 Å². The minimum Gasteiger partial charge on any atom is -0.309 e. The summed E-state index contributed by atoms with van der Waals surface area (Å²) in [5.41, 5.74) is 65.7. The fraction of sp³-hybridized carbons (Fsp3) is 0.313. The third-order valence-corrected chi connectivity index (χ3v) is 26.2. The molecule has 6 aliphatic heterocycles. The molecule has 15 aromatic rings. The van der Waals surface area contributed by atoms with Crippen LogP contribution in [0.15, 0.2) is 273 Å². The van der Waals surface area contributed by atoms with Gasteiger partial charge in [0, 0.05) is 55.6 Å². The lowest BCUT2D eigenvalue weighted by molar-refractivity contribution is 0.983. The van der Waals surface area contributed by atoms with E-state index in [1.165, 1.54) is 229 Å². The molecular formula is C131H157N3. The first kappa shape index (κ1) is 104. The van der Waals surface area contributed by atoms with Gasteiger partial charge in [-0.2, -0.15) is 0 Å². The van der Waals surface area contributed by atoms with Gasteiger partial charge in [0.05, 0.1) is 34.1 Å². The van der Waals surface area contributed by atoms with Gasteiger partial charge in [0.25, 0.3) is 0 Å². The number of hydrogen-bond acceptors (Lipinski definition) is 3. The Bertz CT molecular complexity index is 6510. The van der Waals surface area contributed by atoms with E-state index in [1.807, 2.05) is 194 Å². The monoisotopic (exact) mass is 1770 g/mol. The lowest BCUT2D eigenvalue weighted by Gasteiger charge is -2.41. The van der Waals surface area contributed by atoms with E-state index in [1.54, 1.807) is 22.3 Å². The minimum absolute atomic E-state index is 0. The Labute approximate surface area is 812 Å². The SMILES string of the molecule is C.CC.CC.CC.CC.CC.CC.CC.CC.CC.CC.CC.CC.CC.CC.c1ccc2c(c1)Cc1c-2cc2c3c1Cc1c(ccc4c1-c1ccccc1C4)N3c1ccccc1C2.c1ccc2c(c1)Cc1c-2ccc2c1Cc1cc3c(c4c1N2c1ccccc1C4)Cc1ccccc1-3.c1ccc2c(c1)Cc1ccc3c(c1-2)Cc1c2c(cc4c1N3c1ccccc1C4)Cc1ccccc1-2. The van der Waals surface area contributed by atoms with Crippen LogP contribution in [0.4, 0.5) is 51.2 Å². The molecule has 0 saturated carbocycles. The number of hydrogen-bond donors (Lipinski definition) is 0. The molecule has 3 heteroatoms. The maximum absolute atomic E-state index is 2.61. The van der Waals surface area contributed by atoms with Crippen LogP contribution in [-0.2, 0) is 77.0 Å². The van der Waals surface area contributed by atoms with Crippen LogP contribution in [-0.4, -0.2) is 0 Å². The van der Waals surface area contributed by atoms with E-state index in [9.17, 15) is 0 Å². The Balaban J connectivity index is 0.000000183. The molecule has 6 aliphatic carbocycles. The normalized spacial score (nSPS) is 12.3. The minimum atomic E-state index is 0. The number of benzene rings is 15. The van der Waals surface area contributed by atoms with Gasteiger partial charge in [-0.05, 0) is 287 Å². The molecule has 0 amide bonds. The quantitative estimate of drug-likeness (QED) is 0.150. The molecule has 0 unspecified atom stereocenters. The second kappa shape index (κ2) is 48.6. The Morgan fingerprint density at radius 3 is 0.746 bits per heavy atom. The highest BCUT2D eigenvalue weighted by atomic mass is 15.2. The van der Waals surface area contributed by atoms with Crippen LogP contribution in [0.1, 0.15) is 335 Å². The van der Waals surface area contributed by atoms with Crippen molar-refractivity contribution < 1.29 is 0 Å². The van der Waals surface area contributed by atoms with Crippen molar-refractivity contribution in [2.75, 3.05) is 14.7 Å². The molecule has 696 valence electrons. The van der Waals surface area contributed by atoms with E-state index in [0.717, 1.165) is 77.0 Å². The number of fused-ring (bicyclic) bond motifs is 36. The Hall–Kier alpha value is -12.3. The van der Waals surface area contributed by atoms with Crippen molar-refractivity contribution in [2.24, 2.45) is 0 Å². The molecule has 0 saturated heterocycles. The zero-order valence-electron chi connectivity index (χ0n) is 86.3. The molecule has 27 rings (SSSR count). The molecule has 0 atom stereocenters. The van der Waals surface area contributed by atoms with Gasteiger partial charge >= 0.3 is 0 Å². The van der Waals surface area contributed by atoms with Gasteiger partial charge in [-0.3, -0.25) is 0 Å². The van der Waals surface area contributed by atoms with E-state index < -0.39 is 0 Å². The van der Waals surface area contributed by atoms with Crippen LogP contribution >= 0.6 is 0 Å². The maximum atomic E-state index is 2.61. The van der Waals surface area contributed by atoms with Crippen LogP contribution in [0.25, 0.3) is 66.8 Å². The summed E-state index contributed by atoms with van der Waals surface area (Å²) < 4.78 is 0. The molecule has 12 aliphatic rings. The van der Waals surface area contributed by atoms with Crippen molar-refractivity contribution in [2.45, 2.75) is 278 Å². The summed E-state index contributed by atoms with van der Waals surface area (Å²) in [5.74, 6) is 0. The lowest BCUT2D eigenvalue weighted by Crippen LogP contribution is -2.26. The van der Waals surface area contributed by atoms with E-state index >= 15 is 0 Å². The predicted octanol–water partition coefficient (Wildman–Crippen LogP) is 39.3. The average molecular weight is 1770 g/mol. The predicted molar refractivity (Wildman–Crippen MR) is 595 cm³/mol. The Kier molecular flexibility index (Phi) is 37.6. The summed E-state index contributed by atoms with van der Waals surface area (Å²) in [5, 5.41) is 0. The second-order valence-corrected chi connectivity index (χ2v) is 31.4. The number of para-hydroxylation sites is 3. The first-order valence-corrected chi connectivity index (χ1v) is 52.2. The molecular weight excluding hydrogens is 1620 g/mol. The number of rotatable bonds is 0. The first-order valence-electron chi connectivity index (χ1n) is 52.2. The van der Waals surface area contributed by atoms with Crippen molar-refractivity contribution in [1.29, 1.82) is 0 Å². The molecule has 0 radical (unpaired) electrons. The van der Waals surface area contributed by atoms with Gasteiger partial charge < -0.3 is 14.7 Å². The van der Waals surface area contributed by atoms with Gasteiger partial charge in [-0.25, -0.2) is 0 Å². The molecule has 0 fully saturated rings. The molecule has 6 heterocycles. The van der Waals surface area contributed by atoms with Crippen molar-refractivity contribution in [1.82, 2.24) is 0 Å². The molecule has 0 N–H and O–H groups in total. The molecule has 0 aromatic heterocycles. The second-order valence-electron chi connectivity index (χ2n) is 31.4. The van der Waals surface area contributed by atoms with Crippen molar-refractivity contribution >= 4 is 51.2 Å². The fourth-order valence-corrected chi connectivity index (χ4v) is 22.0. The molecule has 3 nitrogen and oxygen atoms in total. The first-order chi connectivity index (χ1) is 66.0. The van der Waals surface area contributed by atoms with Gasteiger partial charge in [-0.15, -0.1) is 0 Å². The van der Waals surface area contributed by atoms with Crippen molar-refractivity contribution in [3.05, 3.63) is 407 Å². The molecule has 15 aromatic carbocycles. The van der Waals surface area contributed by atoms with Crippen LogP contribution in [0.5, 0.6) is 0 Å². The Morgan fingerprint density at radius 2 is 0.366 bits per heavy atom. The van der Waals surface area contributed by atoms with Crippen molar-refractivity contribution in [3.8, 4) is 66.8 Å². The van der Waals surface area contributed by atoms with Crippen LogP contribution in [0.3, 0.4) is 0 Å². The average Bonchev–Trinajstić information content (AvgIpc) is 1.50. The molecule has 0 spiro atoms. The standard InChI is InChI=1S/3C34H23N.14C2H6.CH4/c1-4-10-25-21(8-1)17-28-27(25)18-24-16-22-9-3-6-12-31(22)35-32-14-13-23-15-20-7-2-5-11-26(20)33(23)30(32)19-29(28)34(24)35;1-4-10-24-20(7-1)15-28-26(24)13-14-33-30(28)19-23-18-27-25-11-5-2-8-21(25)16-29(27)31-17-22-9-3-6-12-32(22)35(33)34(23)31;1-4-10-26-20(7-1)15-23-13-14-31-28(32(23)26)19-29-33-24(16-21-8-2-5-11-27(21)33)18-25-17-22-9-3-6-12-30(22)35(31)34(25)29;14*1-2;/h3*1-14,18H,15-17,19H2;14*1-2H3;1H4. The smallest absolute Gasteiger partial charge is 0.0539 e. The maximum Gasteiger partial charge on any atom is 0.0539 e. The van der Waals surface area contributed by atoms with E-state index in [0.29, 0.717) is 0 Å². The van der Waals surface area contributed by atoms with E-state index in [4.69, 9.17) is 0 Å². The van der Waals surface area contributed by atoms with Crippen LogP contribution in [0, 0.1) is 0 Å². The molecule has 134 heavy (non-hydrogen) atoms. The van der Waals surface area contributed by atoms with E-state index in [2.05, 4.69) is 288 Å². The van der Waals surface area contributed by atoms with Gasteiger partial charge in [0.15, 0.2) is 0 Å². The summed E-state index contributed by atoms with van der Waals surface area (Å²) in [4.78, 5) is 7.81. The summed E-state index contributed by atoms with van der Waals surface area (Å²) in [6.45, 7) is 56.0. The van der Waals surface area contributed by atoms with Crippen molar-refractivity contribution in [3.63, 3.8) is 0 Å². The third kappa shape index (κ3) is 18.0. The summed E-state index contributed by atoms with van der Waals surface area (Å²) in [7, 11) is 0. The van der Waals surface area contributed by atoms with Gasteiger partial charge in [0.1, 0.15) is 0 Å². The zero-order valence-corrected chi connectivity index (χ0v) is 86.3. The topological polar surface area (TPSA) is 9.72 Å². The zero-order chi connectivity index (χ0) is 96.0. The fourth-order valence-electron chi connectivity index (χ4n) is 22.0. The number of anilines is 9.